The molecule has 0 bridgehead atoms. The number of benzene rings is 1. The van der Waals surface area contributed by atoms with E-state index >= 15 is 0 Å². The molecule has 0 aliphatic rings. The first-order valence-corrected chi connectivity index (χ1v) is 9.02. The first kappa shape index (κ1) is 16.4. The Morgan fingerprint density at radius 1 is 1.09 bits per heavy atom. The van der Waals surface area contributed by atoms with Crippen LogP contribution in [0.1, 0.15) is 38.4 Å². The summed E-state index contributed by atoms with van der Waals surface area (Å²) in [5.74, 6) is 0. The first-order chi connectivity index (χ1) is 10.2. The van der Waals surface area contributed by atoms with Crippen molar-refractivity contribution in [2.45, 2.75) is 32.9 Å². The monoisotopic (exact) mass is 322 g/mol. The Morgan fingerprint density at radius 3 is 2.18 bits per heavy atom. The molecule has 1 unspecified atom stereocenters. The second kappa shape index (κ2) is 6.39. The van der Waals surface area contributed by atoms with Gasteiger partial charge in [0.1, 0.15) is 0 Å². The fourth-order valence-electron chi connectivity index (χ4n) is 2.04. The first-order valence-electron chi connectivity index (χ1n) is 7.13. The van der Waals surface area contributed by atoms with Crippen molar-refractivity contribution in [2.75, 3.05) is 16.3 Å². The van der Waals surface area contributed by atoms with Crippen LogP contribution in [0.3, 0.4) is 0 Å². The zero-order chi connectivity index (χ0) is 16.3. The highest BCUT2D eigenvalue weighted by Crippen LogP contribution is 2.21. The van der Waals surface area contributed by atoms with Crippen molar-refractivity contribution in [3.63, 3.8) is 0 Å². The van der Waals surface area contributed by atoms with Gasteiger partial charge < -0.3 is 5.32 Å². The van der Waals surface area contributed by atoms with Gasteiger partial charge in [-0.15, -0.1) is 0 Å². The smallest absolute Gasteiger partial charge is 0.229 e. The van der Waals surface area contributed by atoms with E-state index in [-0.39, 0.29) is 6.04 Å². The van der Waals surface area contributed by atoms with Crippen molar-refractivity contribution in [3.8, 4) is 0 Å². The predicted octanol–water partition coefficient (Wildman–Crippen LogP) is 3.01. The van der Waals surface area contributed by atoms with Crippen LogP contribution in [0.25, 0.3) is 0 Å². The van der Waals surface area contributed by atoms with Gasteiger partial charge in [0.15, 0.2) is 0 Å². The Hall–Kier alpha value is -2.02. The van der Waals surface area contributed by atoms with E-state index in [1.807, 2.05) is 29.2 Å². The zero-order valence-electron chi connectivity index (χ0n) is 13.2. The molecule has 1 aromatic carbocycles. The van der Waals surface area contributed by atoms with E-state index in [0.29, 0.717) is 11.7 Å². The fraction of sp³-hybridized carbons (Fsp3) is 0.400. The molecule has 120 valence electrons. The van der Waals surface area contributed by atoms with E-state index < -0.39 is 10.0 Å². The van der Waals surface area contributed by atoms with Crippen LogP contribution in [0, 0.1) is 0 Å². The average molecular weight is 322 g/mol. The minimum Gasteiger partial charge on any atom is -0.378 e. The van der Waals surface area contributed by atoms with E-state index in [4.69, 9.17) is 0 Å². The minimum atomic E-state index is -3.24. The maximum absolute atomic E-state index is 11.2. The Morgan fingerprint density at radius 2 is 1.68 bits per heavy atom. The number of sulfonamides is 1. The number of rotatable bonds is 6. The molecule has 0 spiro atoms. The van der Waals surface area contributed by atoms with Crippen molar-refractivity contribution in [1.29, 1.82) is 0 Å². The summed E-state index contributed by atoms with van der Waals surface area (Å²) >= 11 is 0. The Balaban J connectivity index is 2.03. The zero-order valence-corrected chi connectivity index (χ0v) is 14.1. The Labute approximate surface area is 131 Å². The van der Waals surface area contributed by atoms with Gasteiger partial charge in [0.05, 0.1) is 18.5 Å². The van der Waals surface area contributed by atoms with Crippen molar-refractivity contribution >= 4 is 21.4 Å². The summed E-state index contributed by atoms with van der Waals surface area (Å²) in [6.45, 7) is 6.23. The molecule has 7 heteroatoms. The molecule has 0 fully saturated rings. The summed E-state index contributed by atoms with van der Waals surface area (Å²) in [5, 5.41) is 7.70. The van der Waals surface area contributed by atoms with Crippen molar-refractivity contribution < 1.29 is 8.42 Å². The van der Waals surface area contributed by atoms with Crippen molar-refractivity contribution in [3.05, 3.63) is 42.2 Å². The van der Waals surface area contributed by atoms with E-state index in [1.165, 1.54) is 0 Å². The molecule has 0 saturated carbocycles. The Bertz CT molecular complexity index is 720. The SMILES string of the molecule is CC(Nc1ccc(NS(C)(=O)=O)cc1)c1cnn(C(C)C)c1. The number of nitrogens with zero attached hydrogens (tertiary/aromatic N) is 2. The Kier molecular flexibility index (Phi) is 4.75. The topological polar surface area (TPSA) is 76.0 Å². The minimum absolute atomic E-state index is 0.112. The third-order valence-electron chi connectivity index (χ3n) is 3.22. The summed E-state index contributed by atoms with van der Waals surface area (Å²) in [6, 6.07) is 7.60. The van der Waals surface area contributed by atoms with E-state index in [9.17, 15) is 8.42 Å². The number of hydrogen-bond donors (Lipinski definition) is 2. The van der Waals surface area contributed by atoms with Gasteiger partial charge in [0.2, 0.25) is 10.0 Å². The highest BCUT2D eigenvalue weighted by atomic mass is 32.2. The molecular formula is C15H22N4O2S. The van der Waals surface area contributed by atoms with Gasteiger partial charge in [-0.3, -0.25) is 9.40 Å². The van der Waals surface area contributed by atoms with Gasteiger partial charge in [-0.1, -0.05) is 0 Å². The van der Waals surface area contributed by atoms with Crippen LogP contribution in [0.5, 0.6) is 0 Å². The highest BCUT2D eigenvalue weighted by Gasteiger charge is 2.09. The van der Waals surface area contributed by atoms with Crippen LogP contribution in [0.2, 0.25) is 0 Å². The lowest BCUT2D eigenvalue weighted by Gasteiger charge is -2.14. The van der Waals surface area contributed by atoms with Crippen LogP contribution in [0.15, 0.2) is 36.7 Å². The lowest BCUT2D eigenvalue weighted by atomic mass is 10.2. The van der Waals surface area contributed by atoms with Crippen LogP contribution in [-0.4, -0.2) is 24.5 Å². The second-order valence-corrected chi connectivity index (χ2v) is 7.41. The van der Waals surface area contributed by atoms with Crippen LogP contribution in [-0.2, 0) is 10.0 Å². The molecule has 0 aliphatic carbocycles. The van der Waals surface area contributed by atoms with E-state index in [2.05, 4.69) is 35.9 Å². The third kappa shape index (κ3) is 4.49. The maximum atomic E-state index is 11.2. The van der Waals surface area contributed by atoms with Crippen LogP contribution < -0.4 is 10.0 Å². The molecule has 1 aromatic heterocycles. The number of hydrogen-bond acceptors (Lipinski definition) is 4. The van der Waals surface area contributed by atoms with Gasteiger partial charge in [-0.05, 0) is 45.0 Å². The lowest BCUT2D eigenvalue weighted by Crippen LogP contribution is -2.10. The molecule has 1 heterocycles. The van der Waals surface area contributed by atoms with Gasteiger partial charge >= 0.3 is 0 Å². The molecule has 0 amide bonds. The number of nitrogens with one attached hydrogen (secondary N) is 2. The van der Waals surface area contributed by atoms with Crippen molar-refractivity contribution in [1.82, 2.24) is 9.78 Å². The van der Waals surface area contributed by atoms with E-state index in [0.717, 1.165) is 17.5 Å². The molecule has 1 atom stereocenters. The number of anilines is 2. The molecule has 2 N–H and O–H groups in total. The second-order valence-electron chi connectivity index (χ2n) is 5.67. The van der Waals surface area contributed by atoms with Gasteiger partial charge in [-0.2, -0.15) is 5.10 Å². The summed E-state index contributed by atoms with van der Waals surface area (Å²) < 4.78 is 26.7. The lowest BCUT2D eigenvalue weighted by molar-refractivity contribution is 0.532. The molecule has 0 aliphatic heterocycles. The van der Waals surface area contributed by atoms with Gasteiger partial charge in [0.25, 0.3) is 0 Å². The van der Waals surface area contributed by atoms with Gasteiger partial charge in [0, 0.05) is 29.2 Å². The average Bonchev–Trinajstić information content (AvgIpc) is 2.89. The largest absolute Gasteiger partial charge is 0.378 e. The normalized spacial score (nSPS) is 13.1. The van der Waals surface area contributed by atoms with Crippen LogP contribution >= 0.6 is 0 Å². The van der Waals surface area contributed by atoms with Crippen molar-refractivity contribution in [2.24, 2.45) is 0 Å². The maximum Gasteiger partial charge on any atom is 0.229 e. The standard InChI is InChI=1S/C15H22N4O2S/c1-11(2)19-10-13(9-16-19)12(3)17-14-5-7-15(8-6-14)18-22(4,20)21/h5-12,17-18H,1-4H3. The molecule has 6 nitrogen and oxygen atoms in total. The third-order valence-corrected chi connectivity index (χ3v) is 3.83. The molecule has 2 aromatic rings. The summed E-state index contributed by atoms with van der Waals surface area (Å²) in [7, 11) is -3.24. The summed E-state index contributed by atoms with van der Waals surface area (Å²) in [6.07, 6.45) is 5.02. The summed E-state index contributed by atoms with van der Waals surface area (Å²) in [5.41, 5.74) is 2.57. The molecule has 22 heavy (non-hydrogen) atoms. The number of aromatic nitrogens is 2. The fourth-order valence-corrected chi connectivity index (χ4v) is 2.60. The quantitative estimate of drug-likeness (QED) is 0.857. The van der Waals surface area contributed by atoms with E-state index in [1.54, 1.807) is 12.1 Å². The summed E-state index contributed by atoms with van der Waals surface area (Å²) in [4.78, 5) is 0. The van der Waals surface area contributed by atoms with Gasteiger partial charge in [-0.25, -0.2) is 8.42 Å². The highest BCUT2D eigenvalue weighted by molar-refractivity contribution is 7.92. The molecule has 0 radical (unpaired) electrons. The molecule has 2 rings (SSSR count). The molecular weight excluding hydrogens is 300 g/mol. The van der Waals surface area contributed by atoms with Crippen LogP contribution in [0.4, 0.5) is 11.4 Å². The molecule has 0 saturated heterocycles. The predicted molar refractivity (Wildman–Crippen MR) is 89.6 cm³/mol.